The zero-order valence-corrected chi connectivity index (χ0v) is 20.2. The molecule has 0 radical (unpaired) electrons. The summed E-state index contributed by atoms with van der Waals surface area (Å²) in [6.45, 7) is 3.61. The Morgan fingerprint density at radius 1 is 1.18 bits per heavy atom. The van der Waals surface area contributed by atoms with Crippen molar-refractivity contribution in [3.63, 3.8) is 0 Å². The number of benzene rings is 2. The summed E-state index contributed by atoms with van der Waals surface area (Å²) in [6, 6.07) is 10.7. The number of aliphatic carboxylic acids is 1. The van der Waals surface area contributed by atoms with Crippen LogP contribution in [-0.4, -0.2) is 31.1 Å². The van der Waals surface area contributed by atoms with Gasteiger partial charge in [0.05, 0.1) is 34.4 Å². The van der Waals surface area contributed by atoms with E-state index in [1.165, 1.54) is 0 Å². The molecule has 0 aliphatic heterocycles. The first-order chi connectivity index (χ1) is 16.3. The average molecular weight is 496 g/mol. The monoisotopic (exact) mass is 495 g/mol. The summed E-state index contributed by atoms with van der Waals surface area (Å²) in [6.07, 6.45) is 3.90. The number of pyridine rings is 1. The Bertz CT molecular complexity index is 1430. The number of anilines is 1. The van der Waals surface area contributed by atoms with Gasteiger partial charge in [0.25, 0.3) is 0 Å². The Labute approximate surface area is 206 Å². The maximum absolute atomic E-state index is 11.7. The van der Waals surface area contributed by atoms with Crippen LogP contribution >= 0.6 is 23.2 Å². The summed E-state index contributed by atoms with van der Waals surface area (Å²) in [5.41, 5.74) is 11.6. The molecule has 2 heterocycles. The van der Waals surface area contributed by atoms with Crippen molar-refractivity contribution in [3.05, 3.63) is 69.3 Å². The fraction of sp³-hybridized carbons (Fsp3) is 0.280. The van der Waals surface area contributed by atoms with E-state index in [4.69, 9.17) is 28.9 Å². The lowest BCUT2D eigenvalue weighted by Gasteiger charge is -2.19. The molecule has 0 saturated heterocycles. The van der Waals surface area contributed by atoms with Gasteiger partial charge in [0, 0.05) is 21.8 Å². The van der Waals surface area contributed by atoms with Crippen LogP contribution in [-0.2, 0) is 4.79 Å². The minimum absolute atomic E-state index is 0.275. The third kappa shape index (κ3) is 3.89. The van der Waals surface area contributed by atoms with Gasteiger partial charge in [-0.2, -0.15) is 0 Å². The number of nitrogen functional groups attached to an aromatic ring is 1. The highest BCUT2D eigenvalue weighted by molar-refractivity contribution is 6.36. The first-order valence-corrected chi connectivity index (χ1v) is 11.8. The van der Waals surface area contributed by atoms with Crippen molar-refractivity contribution < 1.29 is 9.90 Å². The Morgan fingerprint density at radius 2 is 1.94 bits per heavy atom. The number of hydrogen-bond donors (Lipinski definition) is 2. The molecule has 3 N–H and O–H groups in total. The number of hydrogen-bond acceptors (Lipinski definition) is 5. The average Bonchev–Trinajstić information content (AvgIpc) is 3.56. The molecule has 4 aromatic rings. The molecule has 1 aliphatic carbocycles. The molecule has 0 unspecified atom stereocenters. The lowest BCUT2D eigenvalue weighted by molar-refractivity contribution is -0.138. The molecular weight excluding hydrogens is 473 g/mol. The second-order valence-corrected chi connectivity index (χ2v) is 9.60. The van der Waals surface area contributed by atoms with Gasteiger partial charge in [-0.1, -0.05) is 40.5 Å². The topological polar surface area (TPSA) is 107 Å². The Balaban J connectivity index is 1.63. The van der Waals surface area contributed by atoms with E-state index < -0.39 is 11.9 Å². The van der Waals surface area contributed by atoms with Crippen molar-refractivity contribution in [2.75, 3.05) is 5.73 Å². The van der Waals surface area contributed by atoms with Gasteiger partial charge >= 0.3 is 5.97 Å². The van der Waals surface area contributed by atoms with E-state index in [9.17, 15) is 9.90 Å². The van der Waals surface area contributed by atoms with Crippen LogP contribution < -0.4 is 5.73 Å². The number of halogens is 2. The largest absolute Gasteiger partial charge is 0.481 e. The van der Waals surface area contributed by atoms with Crippen LogP contribution in [0, 0.1) is 0 Å². The van der Waals surface area contributed by atoms with Crippen LogP contribution in [0.3, 0.4) is 0 Å². The van der Waals surface area contributed by atoms with Crippen LogP contribution in [0.15, 0.2) is 42.6 Å². The highest BCUT2D eigenvalue weighted by atomic mass is 35.5. The number of rotatable bonds is 6. The number of nitrogens with zero attached hydrogens (tertiary/aromatic N) is 4. The van der Waals surface area contributed by atoms with E-state index in [0.29, 0.717) is 44.0 Å². The highest BCUT2D eigenvalue weighted by Crippen LogP contribution is 2.47. The van der Waals surface area contributed by atoms with Crippen molar-refractivity contribution in [1.82, 2.24) is 20.0 Å². The van der Waals surface area contributed by atoms with Crippen molar-refractivity contribution in [1.29, 1.82) is 0 Å². The number of nitrogens with two attached hydrogens (primary N) is 1. The third-order valence-corrected chi connectivity index (χ3v) is 7.26. The van der Waals surface area contributed by atoms with Gasteiger partial charge in [-0.05, 0) is 68.0 Å². The second-order valence-electron chi connectivity index (χ2n) is 8.81. The van der Waals surface area contributed by atoms with Crippen LogP contribution in [0.2, 0.25) is 10.0 Å². The number of fused-ring (bicyclic) bond motifs is 1. The van der Waals surface area contributed by atoms with E-state index in [0.717, 1.165) is 29.5 Å². The summed E-state index contributed by atoms with van der Waals surface area (Å²) in [7, 11) is 0. The molecule has 174 valence electrons. The number of carbonyl (C=O) groups is 1. The van der Waals surface area contributed by atoms with Gasteiger partial charge < -0.3 is 10.8 Å². The van der Waals surface area contributed by atoms with Crippen molar-refractivity contribution in [2.45, 2.75) is 44.6 Å². The van der Waals surface area contributed by atoms with Crippen molar-refractivity contribution >= 4 is 45.9 Å². The maximum atomic E-state index is 11.7. The molecule has 2 aromatic heterocycles. The molecule has 2 atom stereocenters. The van der Waals surface area contributed by atoms with Gasteiger partial charge in [0.15, 0.2) is 0 Å². The Kier molecular flexibility index (Phi) is 5.70. The second kappa shape index (κ2) is 8.56. The molecule has 2 aromatic carbocycles. The quantitative estimate of drug-likeness (QED) is 0.315. The molecule has 1 aliphatic rings. The Morgan fingerprint density at radius 3 is 2.65 bits per heavy atom. The number of aromatic nitrogens is 4. The standard InChI is InChI=1S/C25H23Cl2N5O2/c1-12(25(33)34)18-9-15(28)5-6-17(18)20-10-22-21(11-29-20)30-31-32(22)13(2)23-19(26)8-7-16(24(23)27)14-3-4-14/h5-14H,3-4,28H2,1-2H3,(H,33,34)/t12-,13-/m1/s1. The van der Waals surface area contributed by atoms with Crippen LogP contribution in [0.5, 0.6) is 0 Å². The summed E-state index contributed by atoms with van der Waals surface area (Å²) in [4.78, 5) is 16.2. The van der Waals surface area contributed by atoms with Crippen molar-refractivity contribution in [3.8, 4) is 11.3 Å². The molecule has 5 rings (SSSR count). The maximum Gasteiger partial charge on any atom is 0.310 e. The van der Waals surface area contributed by atoms with E-state index in [1.807, 2.05) is 25.1 Å². The zero-order chi connectivity index (χ0) is 24.1. The number of carboxylic acid groups (broad SMARTS) is 1. The van der Waals surface area contributed by atoms with Crippen LogP contribution in [0.25, 0.3) is 22.3 Å². The third-order valence-electron chi connectivity index (χ3n) is 6.50. The fourth-order valence-electron chi connectivity index (χ4n) is 4.38. The highest BCUT2D eigenvalue weighted by Gasteiger charge is 2.29. The minimum Gasteiger partial charge on any atom is -0.481 e. The smallest absolute Gasteiger partial charge is 0.310 e. The molecule has 1 fully saturated rings. The van der Waals surface area contributed by atoms with Gasteiger partial charge in [-0.15, -0.1) is 5.10 Å². The predicted octanol–water partition coefficient (Wildman–Crippen LogP) is 6.06. The summed E-state index contributed by atoms with van der Waals surface area (Å²) >= 11 is 13.4. The lowest BCUT2D eigenvalue weighted by Crippen LogP contribution is -2.11. The zero-order valence-electron chi connectivity index (χ0n) is 18.7. The van der Waals surface area contributed by atoms with Gasteiger partial charge in [-0.25, -0.2) is 4.68 Å². The van der Waals surface area contributed by atoms with E-state index >= 15 is 0 Å². The molecule has 9 heteroatoms. The Hall–Kier alpha value is -3.16. The van der Waals surface area contributed by atoms with Crippen LogP contribution in [0.4, 0.5) is 5.69 Å². The normalized spacial score (nSPS) is 15.4. The first-order valence-electron chi connectivity index (χ1n) is 11.1. The van der Waals surface area contributed by atoms with Crippen molar-refractivity contribution in [2.24, 2.45) is 0 Å². The molecular formula is C25H23Cl2N5O2. The molecule has 0 amide bonds. The molecule has 34 heavy (non-hydrogen) atoms. The van der Waals surface area contributed by atoms with Gasteiger partial charge in [0.2, 0.25) is 0 Å². The summed E-state index contributed by atoms with van der Waals surface area (Å²) in [5, 5.41) is 19.5. The predicted molar refractivity (Wildman–Crippen MR) is 133 cm³/mol. The first kappa shape index (κ1) is 22.6. The lowest BCUT2D eigenvalue weighted by atomic mass is 9.93. The minimum atomic E-state index is -0.937. The molecule has 1 saturated carbocycles. The van der Waals surface area contributed by atoms with E-state index in [1.54, 1.807) is 36.0 Å². The van der Waals surface area contributed by atoms with Crippen LogP contribution in [0.1, 0.15) is 61.3 Å². The number of carboxylic acids is 1. The molecule has 0 spiro atoms. The fourth-order valence-corrected chi connectivity index (χ4v) is 5.22. The molecule has 0 bridgehead atoms. The summed E-state index contributed by atoms with van der Waals surface area (Å²) < 4.78 is 1.78. The van der Waals surface area contributed by atoms with Gasteiger partial charge in [0.1, 0.15) is 5.52 Å². The van der Waals surface area contributed by atoms with Gasteiger partial charge in [-0.3, -0.25) is 9.78 Å². The SMILES string of the molecule is C[C@H](c1c(Cl)ccc(C2CC2)c1Cl)n1nnc2cnc(-c3ccc(N)cc3[C@@H](C)C(=O)O)cc21. The van der Waals surface area contributed by atoms with E-state index in [-0.39, 0.29) is 6.04 Å². The molecule has 7 nitrogen and oxygen atoms in total. The van der Waals surface area contributed by atoms with E-state index in [2.05, 4.69) is 15.3 Å². The summed E-state index contributed by atoms with van der Waals surface area (Å²) in [5.74, 6) is -1.20.